The first-order chi connectivity index (χ1) is 22.0. The Morgan fingerprint density at radius 3 is 1.33 bits per heavy atom. The molecule has 24 heteroatoms. The molecule has 0 spiro atoms. The highest BCUT2D eigenvalue weighted by atomic mass is 127. The molecule has 1 aromatic rings. The molecular weight excluding hydrogens is 825 g/mol. The number of carboxylic acids is 4. The quantitative estimate of drug-likeness (QED) is 0.163. The predicted octanol–water partition coefficient (Wildman–Crippen LogP) is 5.65. The van der Waals surface area contributed by atoms with E-state index in [0.717, 1.165) is 6.54 Å². The van der Waals surface area contributed by atoms with Gasteiger partial charge in [-0.3, -0.25) is 0 Å². The second-order valence-corrected chi connectivity index (χ2v) is 10.9. The normalized spacial score (nSPS) is 19.5. The number of halogens is 13. The van der Waals surface area contributed by atoms with Crippen LogP contribution in [0.5, 0.6) is 0 Å². The zero-order valence-electron chi connectivity index (χ0n) is 24.6. The van der Waals surface area contributed by atoms with E-state index in [0.29, 0.717) is 18.1 Å². The summed E-state index contributed by atoms with van der Waals surface area (Å²) in [5.41, 5.74) is 7.64. The lowest BCUT2D eigenvalue weighted by Gasteiger charge is -2.39. The Morgan fingerprint density at radius 2 is 1.00 bits per heavy atom. The summed E-state index contributed by atoms with van der Waals surface area (Å²) in [6.07, 6.45) is -12.7. The molecule has 2 fully saturated rings. The molecule has 0 aromatic heterocycles. The number of nitrogens with zero attached hydrogens (tertiary/aromatic N) is 1. The first kappa shape index (κ1) is 47.8. The molecule has 1 aliphatic carbocycles. The van der Waals surface area contributed by atoms with Crippen molar-refractivity contribution in [2.45, 2.75) is 81.4 Å². The van der Waals surface area contributed by atoms with Crippen LogP contribution in [0.2, 0.25) is 0 Å². The van der Waals surface area contributed by atoms with Gasteiger partial charge in [0.2, 0.25) is 0 Å². The van der Waals surface area contributed by atoms with Crippen molar-refractivity contribution in [1.29, 1.82) is 0 Å². The molecule has 0 unspecified atom stereocenters. The van der Waals surface area contributed by atoms with E-state index < -0.39 is 48.6 Å². The topological polar surface area (TPSA) is 190 Å². The second-order valence-electron chi connectivity index (χ2n) is 9.69. The van der Waals surface area contributed by atoms with Gasteiger partial charge < -0.3 is 36.4 Å². The van der Waals surface area contributed by atoms with Crippen LogP contribution < -0.4 is 16.0 Å². The van der Waals surface area contributed by atoms with Crippen LogP contribution in [0.4, 0.5) is 58.4 Å². The lowest BCUT2D eigenvalue weighted by atomic mass is 9.89. The number of alkyl halides is 12. The number of nitrogens with one attached hydrogen (secondary N) is 1. The number of carboxylic acid groups (broad SMARTS) is 4. The van der Waals surface area contributed by atoms with Gasteiger partial charge in [-0.05, 0) is 72.5 Å². The maximum atomic E-state index is 10.6. The fourth-order valence-electron chi connectivity index (χ4n) is 3.67. The van der Waals surface area contributed by atoms with E-state index >= 15 is 0 Å². The molecule has 49 heavy (non-hydrogen) atoms. The molecule has 11 nitrogen and oxygen atoms in total. The van der Waals surface area contributed by atoms with E-state index in [9.17, 15) is 52.7 Å². The van der Waals surface area contributed by atoms with Crippen molar-refractivity contribution in [3.63, 3.8) is 0 Å². The largest absolute Gasteiger partial charge is 0.490 e. The Bertz CT molecular complexity index is 1080. The monoisotopic (exact) mass is 855 g/mol. The Morgan fingerprint density at radius 1 is 0.653 bits per heavy atom. The van der Waals surface area contributed by atoms with Crippen molar-refractivity contribution in [3.05, 3.63) is 27.8 Å². The summed E-state index contributed by atoms with van der Waals surface area (Å²) in [6, 6.07) is 10.4. The van der Waals surface area contributed by atoms with E-state index in [-0.39, 0.29) is 0 Å². The molecule has 3 rings (SSSR count). The van der Waals surface area contributed by atoms with Crippen LogP contribution in [0.15, 0.2) is 24.3 Å². The van der Waals surface area contributed by atoms with Gasteiger partial charge in [0.05, 0.1) is 0 Å². The highest BCUT2D eigenvalue weighted by molar-refractivity contribution is 14.1. The second kappa shape index (κ2) is 21.0. The molecule has 1 saturated carbocycles. The number of piperidine rings is 1. The first-order valence-electron chi connectivity index (χ1n) is 13.2. The van der Waals surface area contributed by atoms with E-state index in [4.69, 9.17) is 45.3 Å². The number of aliphatic carboxylic acids is 4. The molecule has 1 aromatic carbocycles. The zero-order chi connectivity index (χ0) is 39.0. The smallest absolute Gasteiger partial charge is 0.475 e. The number of nitrogens with two attached hydrogens (primary N) is 1. The fourth-order valence-corrected chi connectivity index (χ4v) is 4.03. The van der Waals surface area contributed by atoms with Crippen LogP contribution in [0, 0.1) is 3.57 Å². The summed E-state index contributed by atoms with van der Waals surface area (Å²) < 4.78 is 128. The predicted molar refractivity (Wildman–Crippen MR) is 153 cm³/mol. The van der Waals surface area contributed by atoms with E-state index in [1.807, 2.05) is 0 Å². The Labute approximate surface area is 282 Å². The van der Waals surface area contributed by atoms with Crippen LogP contribution >= 0.6 is 22.6 Å². The van der Waals surface area contributed by atoms with Crippen LogP contribution in [0.25, 0.3) is 0 Å². The van der Waals surface area contributed by atoms with Crippen molar-refractivity contribution >= 4 is 52.2 Å². The molecule has 7 N–H and O–H groups in total. The minimum Gasteiger partial charge on any atom is -0.475 e. The summed E-state index contributed by atoms with van der Waals surface area (Å²) in [5.74, 6) is -11.0. The van der Waals surface area contributed by atoms with Crippen molar-refractivity contribution in [3.8, 4) is 0 Å². The summed E-state index contributed by atoms with van der Waals surface area (Å²) in [6.45, 7) is 2.29. The molecule has 1 aliphatic heterocycles. The molecule has 2 aliphatic rings. The lowest BCUT2D eigenvalue weighted by Crippen LogP contribution is -2.55. The SMILES string of the molecule is N[C@@H]1CCCC[C@H]1N[C@H]1CCCN(c2ccc(I)cc2)C1.O=C(O)C(F)(F)F.O=C(O)C(F)(F)F.O=C(O)C(F)(F)F.O=C(O)C(F)(F)F. The first-order valence-corrected chi connectivity index (χ1v) is 14.3. The van der Waals surface area contributed by atoms with Crippen LogP contribution in [-0.2, 0) is 19.2 Å². The molecule has 1 heterocycles. The van der Waals surface area contributed by atoms with Crippen molar-refractivity contribution < 1.29 is 92.3 Å². The minimum atomic E-state index is -5.08. The molecule has 0 amide bonds. The number of rotatable bonds is 3. The average Bonchev–Trinajstić information content (AvgIpc) is 2.94. The number of benzene rings is 1. The molecule has 3 atom stereocenters. The van der Waals surface area contributed by atoms with Gasteiger partial charge >= 0.3 is 48.6 Å². The minimum absolute atomic E-state index is 0.354. The third-order valence-electron chi connectivity index (χ3n) is 5.85. The molecule has 1 saturated heterocycles. The van der Waals surface area contributed by atoms with Crippen LogP contribution in [0.1, 0.15) is 38.5 Å². The number of hydrogen-bond donors (Lipinski definition) is 6. The number of anilines is 1. The van der Waals surface area contributed by atoms with Crippen molar-refractivity contribution in [2.75, 3.05) is 18.0 Å². The molecule has 0 bridgehead atoms. The summed E-state index contributed by atoms with van der Waals surface area (Å²) in [4.78, 5) is 38.1. The van der Waals surface area contributed by atoms with Crippen molar-refractivity contribution in [2.24, 2.45) is 5.73 Å². The van der Waals surface area contributed by atoms with Crippen molar-refractivity contribution in [1.82, 2.24) is 5.32 Å². The lowest BCUT2D eigenvalue weighted by molar-refractivity contribution is -0.193. The maximum absolute atomic E-state index is 10.6. The maximum Gasteiger partial charge on any atom is 0.490 e. The van der Waals surface area contributed by atoms with E-state index in [1.54, 1.807) is 0 Å². The van der Waals surface area contributed by atoms with Gasteiger partial charge in [0.25, 0.3) is 0 Å². The van der Waals surface area contributed by atoms with Gasteiger partial charge in [-0.25, -0.2) is 19.2 Å². The molecule has 0 radical (unpaired) electrons. The zero-order valence-corrected chi connectivity index (χ0v) is 26.7. The van der Waals surface area contributed by atoms with Gasteiger partial charge in [-0.15, -0.1) is 0 Å². The summed E-state index contributed by atoms with van der Waals surface area (Å²) >= 11 is 2.37. The fraction of sp³-hybridized carbons (Fsp3) is 0.600. The van der Waals surface area contributed by atoms with Crippen LogP contribution in [-0.4, -0.2) is 100 Å². The highest BCUT2D eigenvalue weighted by Gasteiger charge is 2.40. The third-order valence-corrected chi connectivity index (χ3v) is 6.57. The molecule has 284 valence electrons. The highest BCUT2D eigenvalue weighted by Crippen LogP contribution is 2.23. The average molecular weight is 855 g/mol. The van der Waals surface area contributed by atoms with E-state index in [2.05, 4.69) is 57.1 Å². The summed E-state index contributed by atoms with van der Waals surface area (Å²) in [7, 11) is 0. The standard InChI is InChI=1S/C17H26IN3.4C2HF3O2/c18-13-7-9-15(10-8-13)21-11-3-4-14(12-21)20-17-6-2-1-5-16(17)19;4*3-2(4,5)1(6)7/h7-10,14,16-17,20H,1-6,11-12,19H2;4*(H,6,7)/t14-,16+,17+;;;;/m0..../s1. The third kappa shape index (κ3) is 22.9. The van der Waals surface area contributed by atoms with Gasteiger partial charge in [0.15, 0.2) is 0 Å². The van der Waals surface area contributed by atoms with Gasteiger partial charge in [0, 0.05) is 40.5 Å². The van der Waals surface area contributed by atoms with E-state index in [1.165, 1.54) is 54.3 Å². The molecular formula is C25H30F12IN3O8. The Kier molecular flexibility index (Phi) is 20.5. The van der Waals surface area contributed by atoms with Gasteiger partial charge in [0.1, 0.15) is 0 Å². The number of hydrogen-bond acceptors (Lipinski definition) is 7. The Balaban J connectivity index is 0. The van der Waals surface area contributed by atoms with Crippen LogP contribution in [0.3, 0.4) is 0 Å². The van der Waals surface area contributed by atoms with Gasteiger partial charge in [-0.2, -0.15) is 52.7 Å². The van der Waals surface area contributed by atoms with Gasteiger partial charge in [-0.1, -0.05) is 12.8 Å². The Hall–Kier alpha value is -3.29. The number of carbonyl (C=O) groups is 4. The summed E-state index contributed by atoms with van der Waals surface area (Å²) in [5, 5.41) is 32.4.